The highest BCUT2D eigenvalue weighted by Crippen LogP contribution is 2.33. The van der Waals surface area contributed by atoms with Crippen LogP contribution in [0.4, 0.5) is 0 Å². The molecule has 1 saturated carbocycles. The van der Waals surface area contributed by atoms with Crippen molar-refractivity contribution in [2.24, 2.45) is 5.92 Å². The molecule has 22 heavy (non-hydrogen) atoms. The molecule has 1 aromatic rings. The molecule has 3 rings (SSSR count). The molecule has 1 fully saturated rings. The van der Waals surface area contributed by atoms with E-state index in [9.17, 15) is 9.59 Å². The Morgan fingerprint density at radius 2 is 2.05 bits per heavy atom. The van der Waals surface area contributed by atoms with E-state index in [1.807, 2.05) is 30.3 Å². The third-order valence-corrected chi connectivity index (χ3v) is 4.66. The predicted molar refractivity (Wildman–Crippen MR) is 85.7 cm³/mol. The van der Waals surface area contributed by atoms with Crippen molar-refractivity contribution in [3.63, 3.8) is 0 Å². The van der Waals surface area contributed by atoms with E-state index in [-0.39, 0.29) is 17.9 Å². The fourth-order valence-corrected chi connectivity index (χ4v) is 3.12. The summed E-state index contributed by atoms with van der Waals surface area (Å²) in [6.07, 6.45) is 7.74. The van der Waals surface area contributed by atoms with Gasteiger partial charge in [0.05, 0.1) is 12.5 Å². The highest BCUT2D eigenvalue weighted by atomic mass is 16.2. The minimum Gasteiger partial charge on any atom is -0.356 e. The summed E-state index contributed by atoms with van der Waals surface area (Å²) in [5.41, 5.74) is 2.12. The number of nitrogens with one attached hydrogen (secondary N) is 1. The molecule has 0 spiro atoms. The lowest BCUT2D eigenvalue weighted by atomic mass is 9.85. The Balaban J connectivity index is 1.71. The van der Waals surface area contributed by atoms with Crippen LogP contribution in [0.25, 0.3) is 6.08 Å². The summed E-state index contributed by atoms with van der Waals surface area (Å²) in [6, 6.07) is 7.73. The first-order valence-corrected chi connectivity index (χ1v) is 7.98. The van der Waals surface area contributed by atoms with Gasteiger partial charge in [-0.05, 0) is 36.0 Å². The molecule has 0 aromatic heterocycles. The molecule has 1 N–H and O–H groups in total. The topological polar surface area (TPSA) is 49.4 Å². The molecule has 2 amide bonds. The Hall–Kier alpha value is -2.10. The summed E-state index contributed by atoms with van der Waals surface area (Å²) < 4.78 is 0. The Morgan fingerprint density at radius 1 is 1.27 bits per heavy atom. The summed E-state index contributed by atoms with van der Waals surface area (Å²) in [6.45, 7) is 2.31. The zero-order chi connectivity index (χ0) is 15.5. The van der Waals surface area contributed by atoms with Gasteiger partial charge in [-0.15, -0.1) is 0 Å². The predicted octanol–water partition coefficient (Wildman–Crippen LogP) is 2.87. The van der Waals surface area contributed by atoms with E-state index >= 15 is 0 Å². The highest BCUT2D eigenvalue weighted by Gasteiger charge is 2.28. The molecule has 2 aliphatic rings. The number of benzene rings is 1. The van der Waals surface area contributed by atoms with Crippen LogP contribution in [0.15, 0.2) is 30.5 Å². The van der Waals surface area contributed by atoms with Crippen molar-refractivity contribution in [2.45, 2.75) is 38.6 Å². The standard InChI is InChI=1S/C18H22N2O2/c1-13(21)20-10-9-15-7-2-3-8-16(15)17(20)11-18(22)19-12-14-5-4-6-14/h2-3,7-10,14,17H,4-6,11-12H2,1H3,(H,19,22). The molecule has 0 radical (unpaired) electrons. The van der Waals surface area contributed by atoms with Gasteiger partial charge in [0.2, 0.25) is 11.8 Å². The Bertz CT molecular complexity index is 605. The zero-order valence-electron chi connectivity index (χ0n) is 12.9. The molecular weight excluding hydrogens is 276 g/mol. The number of fused-ring (bicyclic) bond motifs is 1. The first kappa shape index (κ1) is 14.8. The van der Waals surface area contributed by atoms with Crippen LogP contribution < -0.4 is 5.32 Å². The van der Waals surface area contributed by atoms with Gasteiger partial charge in [-0.25, -0.2) is 0 Å². The largest absolute Gasteiger partial charge is 0.356 e. The molecule has 1 aliphatic carbocycles. The Labute approximate surface area is 131 Å². The molecule has 116 valence electrons. The first-order valence-electron chi connectivity index (χ1n) is 7.98. The lowest BCUT2D eigenvalue weighted by Gasteiger charge is -2.32. The zero-order valence-corrected chi connectivity index (χ0v) is 12.9. The van der Waals surface area contributed by atoms with E-state index in [2.05, 4.69) is 5.32 Å². The molecule has 1 atom stereocenters. The maximum Gasteiger partial charge on any atom is 0.223 e. The molecule has 4 heteroatoms. The number of hydrogen-bond donors (Lipinski definition) is 1. The maximum atomic E-state index is 12.3. The quantitative estimate of drug-likeness (QED) is 0.929. The van der Waals surface area contributed by atoms with E-state index in [0.29, 0.717) is 12.3 Å². The van der Waals surface area contributed by atoms with Gasteiger partial charge < -0.3 is 10.2 Å². The second kappa shape index (κ2) is 6.34. The van der Waals surface area contributed by atoms with Gasteiger partial charge in [0.1, 0.15) is 0 Å². The van der Waals surface area contributed by atoms with Crippen molar-refractivity contribution in [3.8, 4) is 0 Å². The van der Waals surface area contributed by atoms with E-state index in [1.54, 1.807) is 11.1 Å². The van der Waals surface area contributed by atoms with E-state index in [4.69, 9.17) is 0 Å². The third-order valence-electron chi connectivity index (χ3n) is 4.66. The van der Waals surface area contributed by atoms with Crippen LogP contribution in [0.1, 0.15) is 49.8 Å². The fraction of sp³-hybridized carbons (Fsp3) is 0.444. The van der Waals surface area contributed by atoms with E-state index in [1.165, 1.54) is 26.2 Å². The van der Waals surface area contributed by atoms with Crippen molar-refractivity contribution < 1.29 is 9.59 Å². The van der Waals surface area contributed by atoms with Gasteiger partial charge in [0.15, 0.2) is 0 Å². The summed E-state index contributed by atoms with van der Waals surface area (Å²) >= 11 is 0. The number of carbonyl (C=O) groups is 2. The Morgan fingerprint density at radius 3 is 2.73 bits per heavy atom. The molecule has 1 unspecified atom stereocenters. The van der Waals surface area contributed by atoms with Crippen LogP contribution in [-0.2, 0) is 9.59 Å². The number of hydrogen-bond acceptors (Lipinski definition) is 2. The second-order valence-corrected chi connectivity index (χ2v) is 6.19. The molecule has 4 nitrogen and oxygen atoms in total. The van der Waals surface area contributed by atoms with Gasteiger partial charge in [-0.3, -0.25) is 9.59 Å². The van der Waals surface area contributed by atoms with Gasteiger partial charge in [-0.1, -0.05) is 30.7 Å². The first-order chi connectivity index (χ1) is 10.6. The molecule has 1 aliphatic heterocycles. The molecule has 0 bridgehead atoms. The molecule has 1 aromatic carbocycles. The highest BCUT2D eigenvalue weighted by molar-refractivity contribution is 5.81. The Kier molecular flexibility index (Phi) is 4.27. The monoisotopic (exact) mass is 298 g/mol. The maximum absolute atomic E-state index is 12.3. The number of rotatable bonds is 4. The number of nitrogens with zero attached hydrogens (tertiary/aromatic N) is 1. The van der Waals surface area contributed by atoms with Crippen molar-refractivity contribution in [1.82, 2.24) is 10.2 Å². The van der Waals surface area contributed by atoms with E-state index < -0.39 is 0 Å². The van der Waals surface area contributed by atoms with Gasteiger partial charge in [0.25, 0.3) is 0 Å². The van der Waals surface area contributed by atoms with Gasteiger partial charge in [-0.2, -0.15) is 0 Å². The summed E-state index contributed by atoms with van der Waals surface area (Å²) in [5, 5.41) is 3.02. The molecular formula is C18H22N2O2. The average Bonchev–Trinajstić information content (AvgIpc) is 2.45. The van der Waals surface area contributed by atoms with Crippen LogP contribution in [0.3, 0.4) is 0 Å². The van der Waals surface area contributed by atoms with Crippen LogP contribution >= 0.6 is 0 Å². The summed E-state index contributed by atoms with van der Waals surface area (Å²) in [5.74, 6) is 0.627. The van der Waals surface area contributed by atoms with Gasteiger partial charge in [0, 0.05) is 19.7 Å². The smallest absolute Gasteiger partial charge is 0.223 e. The second-order valence-electron chi connectivity index (χ2n) is 6.19. The minimum absolute atomic E-state index is 0.0215. The molecule has 1 heterocycles. The van der Waals surface area contributed by atoms with Crippen molar-refractivity contribution in [1.29, 1.82) is 0 Å². The van der Waals surface area contributed by atoms with Crippen LogP contribution in [0, 0.1) is 5.92 Å². The minimum atomic E-state index is -0.208. The van der Waals surface area contributed by atoms with Gasteiger partial charge >= 0.3 is 0 Å². The van der Waals surface area contributed by atoms with Crippen LogP contribution in [0.2, 0.25) is 0 Å². The summed E-state index contributed by atoms with van der Waals surface area (Å²) in [7, 11) is 0. The van der Waals surface area contributed by atoms with E-state index in [0.717, 1.165) is 17.7 Å². The average molecular weight is 298 g/mol. The fourth-order valence-electron chi connectivity index (χ4n) is 3.12. The SMILES string of the molecule is CC(=O)N1C=Cc2ccccc2C1CC(=O)NCC1CCC1. The number of carbonyl (C=O) groups excluding carboxylic acids is 2. The summed E-state index contributed by atoms with van der Waals surface area (Å²) in [4.78, 5) is 25.8. The molecule has 0 saturated heterocycles. The van der Waals surface area contributed by atoms with Crippen molar-refractivity contribution >= 4 is 17.9 Å². The third kappa shape index (κ3) is 3.06. The van der Waals surface area contributed by atoms with Crippen LogP contribution in [0.5, 0.6) is 0 Å². The normalized spacial score (nSPS) is 20.2. The lowest BCUT2D eigenvalue weighted by Crippen LogP contribution is -2.37. The lowest BCUT2D eigenvalue weighted by molar-refractivity contribution is -0.130. The van der Waals surface area contributed by atoms with Crippen molar-refractivity contribution in [3.05, 3.63) is 41.6 Å². The van der Waals surface area contributed by atoms with Crippen molar-refractivity contribution in [2.75, 3.05) is 6.54 Å². The number of amides is 2. The van der Waals surface area contributed by atoms with Crippen LogP contribution in [-0.4, -0.2) is 23.3 Å².